The molecule has 90 valence electrons. The van der Waals surface area contributed by atoms with Crippen molar-refractivity contribution in [1.29, 1.82) is 0 Å². The fourth-order valence-corrected chi connectivity index (χ4v) is 2.26. The predicted octanol–water partition coefficient (Wildman–Crippen LogP) is 2.89. The quantitative estimate of drug-likeness (QED) is 0.838. The zero-order valence-corrected chi connectivity index (χ0v) is 10.7. The molecule has 0 spiro atoms. The molecule has 0 N–H and O–H groups in total. The van der Waals surface area contributed by atoms with E-state index in [9.17, 15) is 4.79 Å². The average Bonchev–Trinajstić information content (AvgIpc) is 3.01. The van der Waals surface area contributed by atoms with Crippen molar-refractivity contribution < 1.29 is 9.32 Å². The monoisotopic (exact) mass is 250 g/mol. The van der Waals surface area contributed by atoms with Crippen molar-refractivity contribution in [2.75, 3.05) is 13.1 Å². The van der Waals surface area contributed by atoms with Crippen LogP contribution in [0.5, 0.6) is 0 Å². The van der Waals surface area contributed by atoms with Crippen molar-refractivity contribution in [2.45, 2.75) is 13.8 Å². The third-order valence-corrected chi connectivity index (χ3v) is 3.43. The van der Waals surface area contributed by atoms with E-state index in [0.717, 1.165) is 4.88 Å². The first-order valence-electron chi connectivity index (χ1n) is 5.56. The number of hydrogen-bond acceptors (Lipinski definition) is 4. The Balaban J connectivity index is 2.21. The first-order chi connectivity index (χ1) is 8.26. The van der Waals surface area contributed by atoms with E-state index in [1.165, 1.54) is 0 Å². The molecule has 2 aromatic rings. The Morgan fingerprint density at radius 2 is 2.24 bits per heavy atom. The number of nitrogens with zero attached hydrogens (tertiary/aromatic N) is 2. The molecule has 0 aliphatic rings. The third kappa shape index (κ3) is 2.39. The summed E-state index contributed by atoms with van der Waals surface area (Å²) in [6.45, 7) is 5.25. The Labute approximate surface area is 104 Å². The number of hydrogen-bond donors (Lipinski definition) is 0. The van der Waals surface area contributed by atoms with E-state index in [2.05, 4.69) is 5.16 Å². The third-order valence-electron chi connectivity index (χ3n) is 2.54. The highest BCUT2D eigenvalue weighted by Crippen LogP contribution is 2.25. The zero-order chi connectivity index (χ0) is 12.3. The van der Waals surface area contributed by atoms with Crippen LogP contribution in [0.1, 0.15) is 24.3 Å². The van der Waals surface area contributed by atoms with Gasteiger partial charge in [0, 0.05) is 19.2 Å². The second kappa shape index (κ2) is 5.14. The number of carbonyl (C=O) groups excluding carboxylic acids is 1. The highest BCUT2D eigenvalue weighted by atomic mass is 32.1. The maximum Gasteiger partial charge on any atom is 0.276 e. The molecular formula is C12H14N2O2S. The molecule has 0 aromatic carbocycles. The summed E-state index contributed by atoms with van der Waals surface area (Å²) in [5.74, 6) is 0.567. The summed E-state index contributed by atoms with van der Waals surface area (Å²) >= 11 is 1.56. The molecule has 0 unspecified atom stereocenters. The number of carbonyl (C=O) groups is 1. The maximum atomic E-state index is 12.0. The molecule has 0 fully saturated rings. The molecule has 1 amide bonds. The molecule has 0 atom stereocenters. The smallest absolute Gasteiger partial charge is 0.276 e. The van der Waals surface area contributed by atoms with Gasteiger partial charge in [0.2, 0.25) is 0 Å². The van der Waals surface area contributed by atoms with Crippen molar-refractivity contribution >= 4 is 17.2 Å². The second-order valence-corrected chi connectivity index (χ2v) is 4.48. The summed E-state index contributed by atoms with van der Waals surface area (Å²) < 4.78 is 5.18. The largest absolute Gasteiger partial charge is 0.355 e. The summed E-state index contributed by atoms with van der Waals surface area (Å²) in [5, 5.41) is 5.79. The molecule has 0 saturated heterocycles. The van der Waals surface area contributed by atoms with Crippen molar-refractivity contribution in [3.8, 4) is 10.6 Å². The Hall–Kier alpha value is -1.62. The lowest BCUT2D eigenvalue weighted by molar-refractivity contribution is 0.0762. The van der Waals surface area contributed by atoms with Gasteiger partial charge in [-0.1, -0.05) is 11.2 Å². The lowest BCUT2D eigenvalue weighted by Crippen LogP contribution is -2.30. The van der Waals surface area contributed by atoms with Gasteiger partial charge in [0.15, 0.2) is 11.5 Å². The molecule has 0 bridgehead atoms. The minimum absolute atomic E-state index is 0.0819. The number of thiophene rings is 1. The number of amides is 1. The Morgan fingerprint density at radius 3 is 2.82 bits per heavy atom. The summed E-state index contributed by atoms with van der Waals surface area (Å²) in [7, 11) is 0. The molecule has 17 heavy (non-hydrogen) atoms. The van der Waals surface area contributed by atoms with Crippen LogP contribution in [-0.4, -0.2) is 29.1 Å². The van der Waals surface area contributed by atoms with Gasteiger partial charge in [0.05, 0.1) is 4.88 Å². The van der Waals surface area contributed by atoms with Crippen LogP contribution in [0.3, 0.4) is 0 Å². The topological polar surface area (TPSA) is 46.3 Å². The Morgan fingerprint density at radius 1 is 1.47 bits per heavy atom. The summed E-state index contributed by atoms with van der Waals surface area (Å²) in [4.78, 5) is 14.7. The highest BCUT2D eigenvalue weighted by molar-refractivity contribution is 7.13. The van der Waals surface area contributed by atoms with E-state index in [1.807, 2.05) is 31.4 Å². The van der Waals surface area contributed by atoms with Gasteiger partial charge in [0.25, 0.3) is 5.91 Å². The van der Waals surface area contributed by atoms with Crippen LogP contribution in [-0.2, 0) is 0 Å². The van der Waals surface area contributed by atoms with E-state index in [0.29, 0.717) is 24.5 Å². The van der Waals surface area contributed by atoms with Gasteiger partial charge < -0.3 is 9.42 Å². The molecule has 5 heteroatoms. The van der Waals surface area contributed by atoms with E-state index in [4.69, 9.17) is 4.52 Å². The van der Waals surface area contributed by atoms with Gasteiger partial charge in [-0.3, -0.25) is 4.79 Å². The molecule has 0 aliphatic heterocycles. The average molecular weight is 250 g/mol. The maximum absolute atomic E-state index is 12.0. The lowest BCUT2D eigenvalue weighted by Gasteiger charge is -2.16. The fourth-order valence-electron chi connectivity index (χ4n) is 1.58. The number of aromatic nitrogens is 1. The van der Waals surface area contributed by atoms with Crippen LogP contribution >= 0.6 is 11.3 Å². The minimum atomic E-state index is -0.0819. The summed E-state index contributed by atoms with van der Waals surface area (Å²) in [6.07, 6.45) is 0. The van der Waals surface area contributed by atoms with Crippen LogP contribution < -0.4 is 0 Å². The van der Waals surface area contributed by atoms with E-state index in [1.54, 1.807) is 22.3 Å². The molecule has 2 aromatic heterocycles. The van der Waals surface area contributed by atoms with Crippen LogP contribution in [0.2, 0.25) is 0 Å². The van der Waals surface area contributed by atoms with E-state index < -0.39 is 0 Å². The van der Waals surface area contributed by atoms with Gasteiger partial charge in [-0.05, 0) is 25.3 Å². The van der Waals surface area contributed by atoms with Crippen LogP contribution in [0.15, 0.2) is 28.1 Å². The molecular weight excluding hydrogens is 236 g/mol. The van der Waals surface area contributed by atoms with Crippen molar-refractivity contribution in [3.05, 3.63) is 29.3 Å². The predicted molar refractivity (Wildman–Crippen MR) is 67.1 cm³/mol. The van der Waals surface area contributed by atoms with Crippen LogP contribution in [0.4, 0.5) is 0 Å². The van der Waals surface area contributed by atoms with E-state index >= 15 is 0 Å². The van der Waals surface area contributed by atoms with Gasteiger partial charge in [-0.25, -0.2) is 0 Å². The van der Waals surface area contributed by atoms with Crippen molar-refractivity contribution in [3.63, 3.8) is 0 Å². The molecule has 2 rings (SSSR count). The lowest BCUT2D eigenvalue weighted by atomic mass is 10.3. The molecule has 0 saturated carbocycles. The normalized spacial score (nSPS) is 10.5. The first kappa shape index (κ1) is 11.9. The molecule has 2 heterocycles. The van der Waals surface area contributed by atoms with Crippen LogP contribution in [0, 0.1) is 0 Å². The van der Waals surface area contributed by atoms with Gasteiger partial charge >= 0.3 is 0 Å². The van der Waals surface area contributed by atoms with Crippen molar-refractivity contribution in [1.82, 2.24) is 10.1 Å². The summed E-state index contributed by atoms with van der Waals surface area (Å²) in [5.41, 5.74) is 0.372. The van der Waals surface area contributed by atoms with Crippen molar-refractivity contribution in [2.24, 2.45) is 0 Å². The van der Waals surface area contributed by atoms with Gasteiger partial charge in [0.1, 0.15) is 0 Å². The van der Waals surface area contributed by atoms with Gasteiger partial charge in [-0.2, -0.15) is 0 Å². The van der Waals surface area contributed by atoms with E-state index in [-0.39, 0.29) is 5.91 Å². The molecule has 4 nitrogen and oxygen atoms in total. The van der Waals surface area contributed by atoms with Gasteiger partial charge in [-0.15, -0.1) is 11.3 Å². The molecule has 0 aliphatic carbocycles. The highest BCUT2D eigenvalue weighted by Gasteiger charge is 2.18. The number of rotatable bonds is 4. The standard InChI is InChI=1S/C12H14N2O2S/c1-3-14(4-2)12(15)9-8-10(16-13-9)11-6-5-7-17-11/h5-8H,3-4H2,1-2H3. The minimum Gasteiger partial charge on any atom is -0.355 e. The van der Waals surface area contributed by atoms with Crippen LogP contribution in [0.25, 0.3) is 10.6 Å². The summed E-state index contributed by atoms with van der Waals surface area (Å²) in [6, 6.07) is 5.58. The Bertz CT molecular complexity index is 486. The first-order valence-corrected chi connectivity index (χ1v) is 6.44. The zero-order valence-electron chi connectivity index (χ0n) is 9.84. The Kier molecular flexibility index (Phi) is 3.58. The molecule has 0 radical (unpaired) electrons. The SMILES string of the molecule is CCN(CC)C(=O)c1cc(-c2cccs2)on1. The second-order valence-electron chi connectivity index (χ2n) is 3.53. The fraction of sp³-hybridized carbons (Fsp3) is 0.333.